The molecule has 0 aliphatic rings. The van der Waals surface area contributed by atoms with Gasteiger partial charge in [-0.15, -0.1) is 0 Å². The van der Waals surface area contributed by atoms with Crippen LogP contribution in [0.4, 0.5) is 5.82 Å². The summed E-state index contributed by atoms with van der Waals surface area (Å²) in [6.07, 6.45) is 1.00. The molecule has 0 spiro atoms. The summed E-state index contributed by atoms with van der Waals surface area (Å²) in [5.41, 5.74) is 1.03. The molecule has 1 aromatic heterocycles. The molecule has 0 unspecified atom stereocenters. The summed E-state index contributed by atoms with van der Waals surface area (Å²) in [6.45, 7) is 6.87. The maximum absolute atomic E-state index is 5.54. The van der Waals surface area contributed by atoms with Gasteiger partial charge in [-0.25, -0.2) is 4.98 Å². The zero-order valence-electron chi connectivity index (χ0n) is 11.7. The van der Waals surface area contributed by atoms with Gasteiger partial charge in [0.05, 0.1) is 5.52 Å². The SMILES string of the molecule is CC(C)COCCCNc1ccc2ccccc2n1. The van der Waals surface area contributed by atoms with Crippen LogP contribution in [0.5, 0.6) is 0 Å². The first-order valence-corrected chi connectivity index (χ1v) is 6.93. The average molecular weight is 258 g/mol. The molecule has 0 bridgehead atoms. The summed E-state index contributed by atoms with van der Waals surface area (Å²) in [7, 11) is 0. The van der Waals surface area contributed by atoms with Crippen LogP contribution in [0.25, 0.3) is 10.9 Å². The Morgan fingerprint density at radius 3 is 2.84 bits per heavy atom. The molecular weight excluding hydrogens is 236 g/mol. The highest BCUT2D eigenvalue weighted by molar-refractivity contribution is 5.79. The van der Waals surface area contributed by atoms with Gasteiger partial charge in [0.25, 0.3) is 0 Å². The van der Waals surface area contributed by atoms with Gasteiger partial charge in [-0.1, -0.05) is 32.0 Å². The predicted molar refractivity (Wildman–Crippen MR) is 80.5 cm³/mol. The van der Waals surface area contributed by atoms with E-state index in [0.717, 1.165) is 37.5 Å². The first-order chi connectivity index (χ1) is 9.25. The Balaban J connectivity index is 1.75. The van der Waals surface area contributed by atoms with Gasteiger partial charge < -0.3 is 10.1 Å². The van der Waals surface area contributed by atoms with Crippen LogP contribution in [0.1, 0.15) is 20.3 Å². The lowest BCUT2D eigenvalue weighted by atomic mass is 10.2. The smallest absolute Gasteiger partial charge is 0.126 e. The molecule has 3 heteroatoms. The topological polar surface area (TPSA) is 34.1 Å². The first-order valence-electron chi connectivity index (χ1n) is 6.93. The number of aromatic nitrogens is 1. The van der Waals surface area contributed by atoms with E-state index in [-0.39, 0.29) is 0 Å². The molecule has 0 saturated heterocycles. The monoisotopic (exact) mass is 258 g/mol. The molecule has 0 radical (unpaired) electrons. The van der Waals surface area contributed by atoms with E-state index in [4.69, 9.17) is 4.74 Å². The summed E-state index contributed by atoms with van der Waals surface area (Å²) in [5, 5.41) is 4.51. The second-order valence-corrected chi connectivity index (χ2v) is 5.14. The molecule has 0 aliphatic heterocycles. The molecule has 2 rings (SSSR count). The van der Waals surface area contributed by atoms with Crippen LogP contribution >= 0.6 is 0 Å². The number of nitrogens with zero attached hydrogens (tertiary/aromatic N) is 1. The highest BCUT2D eigenvalue weighted by Crippen LogP contribution is 2.14. The van der Waals surface area contributed by atoms with Crippen molar-refractivity contribution in [3.05, 3.63) is 36.4 Å². The summed E-state index contributed by atoms with van der Waals surface area (Å²) in [5.74, 6) is 1.54. The Kier molecular flexibility index (Phi) is 5.16. The number of ether oxygens (including phenoxy) is 1. The maximum Gasteiger partial charge on any atom is 0.126 e. The standard InChI is InChI=1S/C16H22N2O/c1-13(2)12-19-11-5-10-17-16-9-8-14-6-3-4-7-15(14)18-16/h3-4,6-9,13H,5,10-12H2,1-2H3,(H,17,18). The quantitative estimate of drug-likeness (QED) is 0.769. The molecule has 0 atom stereocenters. The van der Waals surface area contributed by atoms with E-state index >= 15 is 0 Å². The van der Waals surface area contributed by atoms with Crippen molar-refractivity contribution in [2.45, 2.75) is 20.3 Å². The van der Waals surface area contributed by atoms with Crippen LogP contribution in [0.3, 0.4) is 0 Å². The minimum absolute atomic E-state index is 0.607. The van der Waals surface area contributed by atoms with Gasteiger partial charge in [0.2, 0.25) is 0 Å². The number of nitrogens with one attached hydrogen (secondary N) is 1. The third-order valence-corrected chi connectivity index (χ3v) is 2.82. The van der Waals surface area contributed by atoms with Gasteiger partial charge in [0.1, 0.15) is 5.82 Å². The number of rotatable bonds is 7. The lowest BCUT2D eigenvalue weighted by Gasteiger charge is -2.08. The van der Waals surface area contributed by atoms with Gasteiger partial charge in [-0.05, 0) is 30.5 Å². The number of hydrogen-bond donors (Lipinski definition) is 1. The van der Waals surface area contributed by atoms with E-state index in [0.29, 0.717) is 5.92 Å². The number of pyridine rings is 1. The van der Waals surface area contributed by atoms with Crippen LogP contribution in [0.15, 0.2) is 36.4 Å². The fourth-order valence-corrected chi connectivity index (χ4v) is 1.87. The highest BCUT2D eigenvalue weighted by atomic mass is 16.5. The van der Waals surface area contributed by atoms with Gasteiger partial charge >= 0.3 is 0 Å². The summed E-state index contributed by atoms with van der Waals surface area (Å²) in [4.78, 5) is 4.57. The zero-order chi connectivity index (χ0) is 13.5. The van der Waals surface area contributed by atoms with E-state index in [2.05, 4.69) is 36.3 Å². The Bertz CT molecular complexity index is 511. The molecular formula is C16H22N2O. The predicted octanol–water partition coefficient (Wildman–Crippen LogP) is 3.71. The van der Waals surface area contributed by atoms with Crippen molar-refractivity contribution < 1.29 is 4.74 Å². The zero-order valence-corrected chi connectivity index (χ0v) is 11.7. The second kappa shape index (κ2) is 7.10. The first kappa shape index (κ1) is 13.8. The van der Waals surface area contributed by atoms with Crippen molar-refractivity contribution in [2.75, 3.05) is 25.1 Å². The van der Waals surface area contributed by atoms with E-state index in [1.54, 1.807) is 0 Å². The van der Waals surface area contributed by atoms with E-state index in [1.165, 1.54) is 5.39 Å². The van der Waals surface area contributed by atoms with Crippen LogP contribution < -0.4 is 5.32 Å². The van der Waals surface area contributed by atoms with Crippen molar-refractivity contribution in [1.29, 1.82) is 0 Å². The number of anilines is 1. The van der Waals surface area contributed by atoms with E-state index in [9.17, 15) is 0 Å². The fourth-order valence-electron chi connectivity index (χ4n) is 1.87. The highest BCUT2D eigenvalue weighted by Gasteiger charge is 1.97. The van der Waals surface area contributed by atoms with Crippen LogP contribution in [0, 0.1) is 5.92 Å². The Morgan fingerprint density at radius 1 is 1.16 bits per heavy atom. The molecule has 102 valence electrons. The molecule has 1 aromatic carbocycles. The molecule has 0 amide bonds. The fraction of sp³-hybridized carbons (Fsp3) is 0.438. The molecule has 0 saturated carbocycles. The number of fused-ring (bicyclic) bond motifs is 1. The molecule has 3 nitrogen and oxygen atoms in total. The van der Waals surface area contributed by atoms with Gasteiger partial charge in [0, 0.05) is 25.1 Å². The van der Waals surface area contributed by atoms with Gasteiger partial charge in [-0.3, -0.25) is 0 Å². The minimum Gasteiger partial charge on any atom is -0.381 e. The lowest BCUT2D eigenvalue weighted by Crippen LogP contribution is -2.09. The van der Waals surface area contributed by atoms with Crippen LogP contribution in [-0.4, -0.2) is 24.7 Å². The van der Waals surface area contributed by atoms with Gasteiger partial charge in [-0.2, -0.15) is 0 Å². The minimum atomic E-state index is 0.607. The van der Waals surface area contributed by atoms with Crippen molar-refractivity contribution in [2.24, 2.45) is 5.92 Å². The molecule has 19 heavy (non-hydrogen) atoms. The maximum atomic E-state index is 5.54. The van der Waals surface area contributed by atoms with Gasteiger partial charge in [0.15, 0.2) is 0 Å². The van der Waals surface area contributed by atoms with E-state index in [1.807, 2.05) is 24.3 Å². The normalized spacial score (nSPS) is 11.1. The van der Waals surface area contributed by atoms with Crippen molar-refractivity contribution >= 4 is 16.7 Å². The molecule has 0 fully saturated rings. The Labute approximate surface area is 115 Å². The Hall–Kier alpha value is -1.61. The molecule has 0 aliphatic carbocycles. The summed E-state index contributed by atoms with van der Waals surface area (Å²) >= 11 is 0. The van der Waals surface area contributed by atoms with Crippen molar-refractivity contribution in [1.82, 2.24) is 4.98 Å². The van der Waals surface area contributed by atoms with Crippen LogP contribution in [0.2, 0.25) is 0 Å². The Morgan fingerprint density at radius 2 is 2.00 bits per heavy atom. The third-order valence-electron chi connectivity index (χ3n) is 2.82. The van der Waals surface area contributed by atoms with Crippen LogP contribution in [-0.2, 0) is 4.74 Å². The lowest BCUT2D eigenvalue weighted by molar-refractivity contribution is 0.110. The number of benzene rings is 1. The summed E-state index contributed by atoms with van der Waals surface area (Å²) in [6, 6.07) is 12.3. The number of para-hydroxylation sites is 1. The molecule has 1 N–H and O–H groups in total. The summed E-state index contributed by atoms with van der Waals surface area (Å²) < 4.78 is 5.54. The number of hydrogen-bond acceptors (Lipinski definition) is 3. The van der Waals surface area contributed by atoms with Crippen molar-refractivity contribution in [3.63, 3.8) is 0 Å². The molecule has 2 aromatic rings. The molecule has 1 heterocycles. The third kappa shape index (κ3) is 4.52. The largest absolute Gasteiger partial charge is 0.381 e. The van der Waals surface area contributed by atoms with E-state index < -0.39 is 0 Å². The second-order valence-electron chi connectivity index (χ2n) is 5.14. The van der Waals surface area contributed by atoms with Crippen molar-refractivity contribution in [3.8, 4) is 0 Å². The average Bonchev–Trinajstić information content (AvgIpc) is 2.42.